The van der Waals surface area contributed by atoms with Crippen LogP contribution in [-0.2, 0) is 6.42 Å². The van der Waals surface area contributed by atoms with E-state index in [0.717, 1.165) is 30.9 Å². The van der Waals surface area contributed by atoms with Crippen LogP contribution in [0.25, 0.3) is 0 Å². The Morgan fingerprint density at radius 1 is 1.43 bits per heavy atom. The van der Waals surface area contributed by atoms with Gasteiger partial charge in [0, 0.05) is 12.0 Å². The molecule has 0 fully saturated rings. The van der Waals surface area contributed by atoms with E-state index in [4.69, 9.17) is 15.2 Å². The fraction of sp³-hybridized carbons (Fsp3) is 0.455. The summed E-state index contributed by atoms with van der Waals surface area (Å²) in [7, 11) is 0. The van der Waals surface area contributed by atoms with Crippen molar-refractivity contribution in [2.75, 3.05) is 19.8 Å². The number of benzene rings is 1. The number of hydrogen-bond donors (Lipinski definition) is 1. The Hall–Kier alpha value is -1.22. The molecule has 76 valence electrons. The highest BCUT2D eigenvalue weighted by Crippen LogP contribution is 2.35. The monoisotopic (exact) mass is 193 g/mol. The molecular formula is C11H15NO2. The second kappa shape index (κ2) is 4.33. The minimum absolute atomic E-state index is 0.663. The molecule has 1 aliphatic rings. The van der Waals surface area contributed by atoms with Crippen LogP contribution in [0.4, 0.5) is 0 Å². The lowest BCUT2D eigenvalue weighted by atomic mass is 10.1. The van der Waals surface area contributed by atoms with E-state index < -0.39 is 0 Å². The van der Waals surface area contributed by atoms with E-state index in [0.29, 0.717) is 13.2 Å². The summed E-state index contributed by atoms with van der Waals surface area (Å²) in [4.78, 5) is 0. The first-order valence-electron chi connectivity index (χ1n) is 4.99. The number of ether oxygens (including phenoxy) is 2. The van der Waals surface area contributed by atoms with E-state index in [9.17, 15) is 0 Å². The van der Waals surface area contributed by atoms with Gasteiger partial charge in [-0.3, -0.25) is 0 Å². The molecule has 0 saturated carbocycles. The molecule has 0 spiro atoms. The summed E-state index contributed by atoms with van der Waals surface area (Å²) in [5, 5.41) is 0. The molecule has 1 aromatic carbocycles. The van der Waals surface area contributed by atoms with Crippen molar-refractivity contribution in [2.45, 2.75) is 12.8 Å². The maximum atomic E-state index is 5.58. The number of fused-ring (bicyclic) bond motifs is 1. The maximum Gasteiger partial charge on any atom is 0.164 e. The van der Waals surface area contributed by atoms with Crippen molar-refractivity contribution in [3.05, 3.63) is 23.8 Å². The Balaban J connectivity index is 2.06. The van der Waals surface area contributed by atoms with Crippen LogP contribution in [0.1, 0.15) is 12.0 Å². The van der Waals surface area contributed by atoms with Crippen LogP contribution in [0.2, 0.25) is 0 Å². The van der Waals surface area contributed by atoms with Gasteiger partial charge < -0.3 is 15.2 Å². The third-order valence-corrected chi connectivity index (χ3v) is 2.28. The summed E-state index contributed by atoms with van der Waals surface area (Å²) in [5.41, 5.74) is 6.64. The van der Waals surface area contributed by atoms with Crippen molar-refractivity contribution >= 4 is 0 Å². The van der Waals surface area contributed by atoms with Crippen LogP contribution in [0.3, 0.4) is 0 Å². The molecule has 0 amide bonds. The van der Waals surface area contributed by atoms with Gasteiger partial charge in [-0.1, -0.05) is 12.1 Å². The van der Waals surface area contributed by atoms with E-state index >= 15 is 0 Å². The zero-order valence-electron chi connectivity index (χ0n) is 8.16. The standard InChI is InChI=1S/C11H15NO2/c12-6-2-7-13-10-4-1-3-9-5-8-14-11(9)10/h1,3-4H,2,5-8,12H2. The van der Waals surface area contributed by atoms with Gasteiger partial charge in [-0.15, -0.1) is 0 Å². The number of nitrogens with two attached hydrogens (primary N) is 1. The Morgan fingerprint density at radius 3 is 3.21 bits per heavy atom. The molecule has 0 saturated heterocycles. The molecule has 0 unspecified atom stereocenters. The highest BCUT2D eigenvalue weighted by molar-refractivity contribution is 5.48. The minimum atomic E-state index is 0.663. The van der Waals surface area contributed by atoms with Crippen LogP contribution in [-0.4, -0.2) is 19.8 Å². The third kappa shape index (κ3) is 1.82. The van der Waals surface area contributed by atoms with E-state index in [2.05, 4.69) is 6.07 Å². The van der Waals surface area contributed by atoms with Gasteiger partial charge in [0.2, 0.25) is 0 Å². The average Bonchev–Trinajstić information content (AvgIpc) is 2.67. The average molecular weight is 193 g/mol. The van der Waals surface area contributed by atoms with Gasteiger partial charge in [-0.05, 0) is 19.0 Å². The SMILES string of the molecule is NCCCOc1cccc2c1OCC2. The fourth-order valence-corrected chi connectivity index (χ4v) is 1.56. The van der Waals surface area contributed by atoms with Crippen LogP contribution in [0.15, 0.2) is 18.2 Å². The number of para-hydroxylation sites is 1. The lowest BCUT2D eigenvalue weighted by molar-refractivity contribution is 0.283. The van der Waals surface area contributed by atoms with Crippen molar-refractivity contribution in [3.8, 4) is 11.5 Å². The molecule has 2 N–H and O–H groups in total. The van der Waals surface area contributed by atoms with E-state index in [-0.39, 0.29) is 0 Å². The minimum Gasteiger partial charge on any atom is -0.490 e. The van der Waals surface area contributed by atoms with E-state index in [1.165, 1.54) is 5.56 Å². The molecule has 0 aromatic heterocycles. The molecule has 0 radical (unpaired) electrons. The summed E-state index contributed by atoms with van der Waals surface area (Å²) >= 11 is 0. The Bertz CT molecular complexity index is 312. The number of rotatable bonds is 4. The van der Waals surface area contributed by atoms with Gasteiger partial charge in [-0.2, -0.15) is 0 Å². The third-order valence-electron chi connectivity index (χ3n) is 2.28. The molecule has 0 atom stereocenters. The van der Waals surface area contributed by atoms with Crippen molar-refractivity contribution in [1.82, 2.24) is 0 Å². The van der Waals surface area contributed by atoms with Crippen molar-refractivity contribution < 1.29 is 9.47 Å². The molecule has 0 bridgehead atoms. The molecule has 3 heteroatoms. The van der Waals surface area contributed by atoms with Crippen molar-refractivity contribution in [2.24, 2.45) is 5.73 Å². The Morgan fingerprint density at radius 2 is 2.36 bits per heavy atom. The van der Waals surface area contributed by atoms with Gasteiger partial charge in [0.1, 0.15) is 0 Å². The smallest absolute Gasteiger partial charge is 0.164 e. The van der Waals surface area contributed by atoms with Gasteiger partial charge in [0.25, 0.3) is 0 Å². The summed E-state index contributed by atoms with van der Waals surface area (Å²) in [6.07, 6.45) is 1.87. The summed E-state index contributed by atoms with van der Waals surface area (Å²) in [6, 6.07) is 6.03. The van der Waals surface area contributed by atoms with E-state index in [1.54, 1.807) is 0 Å². The topological polar surface area (TPSA) is 44.5 Å². The van der Waals surface area contributed by atoms with Crippen LogP contribution in [0, 0.1) is 0 Å². The van der Waals surface area contributed by atoms with Crippen LogP contribution >= 0.6 is 0 Å². The lowest BCUT2D eigenvalue weighted by Crippen LogP contribution is -2.06. The number of hydrogen-bond acceptors (Lipinski definition) is 3. The quantitative estimate of drug-likeness (QED) is 0.734. The molecule has 1 aliphatic heterocycles. The van der Waals surface area contributed by atoms with Crippen LogP contribution in [0.5, 0.6) is 11.5 Å². The first-order chi connectivity index (χ1) is 6.92. The highest BCUT2D eigenvalue weighted by atomic mass is 16.5. The highest BCUT2D eigenvalue weighted by Gasteiger charge is 2.16. The van der Waals surface area contributed by atoms with Crippen molar-refractivity contribution in [1.29, 1.82) is 0 Å². The second-order valence-electron chi connectivity index (χ2n) is 3.33. The van der Waals surface area contributed by atoms with Crippen molar-refractivity contribution in [3.63, 3.8) is 0 Å². The normalized spacial score (nSPS) is 13.5. The predicted octanol–water partition coefficient (Wildman–Crippen LogP) is 1.35. The summed E-state index contributed by atoms with van der Waals surface area (Å²) < 4.78 is 11.1. The molecular weight excluding hydrogens is 178 g/mol. The largest absolute Gasteiger partial charge is 0.490 e. The Labute approximate surface area is 83.8 Å². The maximum absolute atomic E-state index is 5.58. The van der Waals surface area contributed by atoms with Crippen LogP contribution < -0.4 is 15.2 Å². The first-order valence-corrected chi connectivity index (χ1v) is 4.99. The zero-order valence-corrected chi connectivity index (χ0v) is 8.16. The van der Waals surface area contributed by atoms with Gasteiger partial charge in [0.15, 0.2) is 11.5 Å². The molecule has 1 aromatic rings. The zero-order chi connectivity index (χ0) is 9.80. The van der Waals surface area contributed by atoms with E-state index in [1.807, 2.05) is 12.1 Å². The molecule has 3 nitrogen and oxygen atoms in total. The molecule has 2 rings (SSSR count). The summed E-state index contributed by atoms with van der Waals surface area (Å²) in [6.45, 7) is 2.10. The molecule has 0 aliphatic carbocycles. The molecule has 14 heavy (non-hydrogen) atoms. The first kappa shape index (κ1) is 9.34. The predicted molar refractivity (Wildman–Crippen MR) is 54.8 cm³/mol. The molecule has 1 heterocycles. The van der Waals surface area contributed by atoms with Gasteiger partial charge in [0.05, 0.1) is 13.2 Å². The lowest BCUT2D eigenvalue weighted by Gasteiger charge is -2.09. The van der Waals surface area contributed by atoms with Gasteiger partial charge >= 0.3 is 0 Å². The fourth-order valence-electron chi connectivity index (χ4n) is 1.56. The Kier molecular flexibility index (Phi) is 2.89. The summed E-state index contributed by atoms with van der Waals surface area (Å²) in [5.74, 6) is 1.78. The van der Waals surface area contributed by atoms with Gasteiger partial charge in [-0.25, -0.2) is 0 Å². The second-order valence-corrected chi connectivity index (χ2v) is 3.33.